The molecule has 2 fully saturated rings. The van der Waals surface area contributed by atoms with Gasteiger partial charge >= 0.3 is 0 Å². The Bertz CT molecular complexity index is 423. The lowest BCUT2D eigenvalue weighted by atomic mass is 10.1. The third-order valence-corrected chi connectivity index (χ3v) is 4.52. The predicted molar refractivity (Wildman–Crippen MR) is 73.4 cm³/mol. The van der Waals surface area contributed by atoms with Gasteiger partial charge in [0.2, 0.25) is 17.7 Å². The fourth-order valence-electron chi connectivity index (χ4n) is 3.15. The van der Waals surface area contributed by atoms with Crippen LogP contribution >= 0.6 is 0 Å². The van der Waals surface area contributed by atoms with E-state index in [9.17, 15) is 14.4 Å². The third kappa shape index (κ3) is 2.32. The van der Waals surface area contributed by atoms with E-state index >= 15 is 0 Å². The molecule has 1 aliphatic carbocycles. The predicted octanol–water partition coefficient (Wildman–Crippen LogP) is -0.129. The summed E-state index contributed by atoms with van der Waals surface area (Å²) in [7, 11) is 0. The van der Waals surface area contributed by atoms with Crippen molar-refractivity contribution in [1.29, 1.82) is 0 Å². The van der Waals surface area contributed by atoms with E-state index < -0.39 is 11.9 Å². The van der Waals surface area contributed by atoms with Gasteiger partial charge < -0.3 is 11.1 Å². The number of hydrogen-bond donors (Lipinski definition) is 2. The molecule has 3 N–H and O–H groups in total. The number of nitrogens with zero attached hydrogens (tertiary/aromatic N) is 1. The number of hydrogen-bond acceptors (Lipinski definition) is 4. The summed E-state index contributed by atoms with van der Waals surface area (Å²) in [5.74, 6) is -0.952. The van der Waals surface area contributed by atoms with Crippen molar-refractivity contribution >= 4 is 17.7 Å². The Labute approximate surface area is 119 Å². The first-order valence-electron chi connectivity index (χ1n) is 7.20. The summed E-state index contributed by atoms with van der Waals surface area (Å²) in [4.78, 5) is 36.9. The Balaban J connectivity index is 1.90. The second-order valence-corrected chi connectivity index (χ2v) is 6.30. The van der Waals surface area contributed by atoms with Gasteiger partial charge in [-0.2, -0.15) is 0 Å². The van der Waals surface area contributed by atoms with Crippen LogP contribution in [0.2, 0.25) is 0 Å². The highest BCUT2D eigenvalue weighted by Gasteiger charge is 2.72. The number of carbonyl (C=O) groups is 3. The van der Waals surface area contributed by atoms with Gasteiger partial charge in [-0.15, -0.1) is 0 Å². The van der Waals surface area contributed by atoms with Gasteiger partial charge in [-0.3, -0.25) is 19.3 Å². The van der Waals surface area contributed by atoms with E-state index in [0.29, 0.717) is 13.0 Å². The zero-order valence-electron chi connectivity index (χ0n) is 12.3. The summed E-state index contributed by atoms with van der Waals surface area (Å²) in [5, 5.41) is 3.04. The molecule has 6 heteroatoms. The monoisotopic (exact) mass is 281 g/mol. The van der Waals surface area contributed by atoms with E-state index in [1.165, 1.54) is 4.90 Å². The number of likely N-dealkylation sites (tertiary alicyclic amines) is 1. The molecule has 0 aromatic carbocycles. The van der Waals surface area contributed by atoms with Crippen molar-refractivity contribution < 1.29 is 14.4 Å². The number of carbonyl (C=O) groups excluding carboxylic acids is 3. The van der Waals surface area contributed by atoms with Gasteiger partial charge in [0.15, 0.2) is 0 Å². The molecular weight excluding hydrogens is 258 g/mol. The molecule has 0 aromatic heterocycles. The first kappa shape index (κ1) is 15.0. The van der Waals surface area contributed by atoms with Gasteiger partial charge in [0.1, 0.15) is 0 Å². The summed E-state index contributed by atoms with van der Waals surface area (Å²) in [5.41, 5.74) is 5.13. The van der Waals surface area contributed by atoms with Crippen LogP contribution in [0.15, 0.2) is 0 Å². The molecule has 3 unspecified atom stereocenters. The quantitative estimate of drug-likeness (QED) is 0.636. The highest BCUT2D eigenvalue weighted by molar-refractivity contribution is 6.10. The van der Waals surface area contributed by atoms with E-state index in [1.807, 2.05) is 20.8 Å². The normalized spacial score (nSPS) is 28.4. The van der Waals surface area contributed by atoms with Gasteiger partial charge in [-0.1, -0.05) is 20.8 Å². The maximum Gasteiger partial charge on any atom is 0.234 e. The van der Waals surface area contributed by atoms with Crippen molar-refractivity contribution in [1.82, 2.24) is 10.2 Å². The summed E-state index contributed by atoms with van der Waals surface area (Å²) >= 11 is 0. The highest BCUT2D eigenvalue weighted by atomic mass is 16.2. The minimum atomic E-state index is -0.486. The molecule has 0 aromatic rings. The molecule has 2 rings (SSSR count). The lowest BCUT2D eigenvalue weighted by Gasteiger charge is -2.22. The molecule has 112 valence electrons. The molecule has 0 spiro atoms. The molecule has 1 saturated carbocycles. The zero-order chi connectivity index (χ0) is 15.1. The molecule has 6 nitrogen and oxygen atoms in total. The molecule has 0 bridgehead atoms. The Morgan fingerprint density at radius 1 is 1.35 bits per heavy atom. The van der Waals surface area contributed by atoms with Crippen LogP contribution in [-0.4, -0.2) is 41.8 Å². The van der Waals surface area contributed by atoms with Gasteiger partial charge in [0.05, 0.1) is 17.9 Å². The number of fused-ring (bicyclic) bond motifs is 1. The van der Waals surface area contributed by atoms with Crippen LogP contribution in [0.4, 0.5) is 0 Å². The molecule has 1 heterocycles. The van der Waals surface area contributed by atoms with Crippen LogP contribution in [0.3, 0.4) is 0 Å². The highest BCUT2D eigenvalue weighted by Crippen LogP contribution is 2.63. The average Bonchev–Trinajstić information content (AvgIpc) is 2.83. The van der Waals surface area contributed by atoms with Crippen molar-refractivity contribution in [2.24, 2.45) is 23.0 Å². The van der Waals surface area contributed by atoms with Crippen molar-refractivity contribution in [3.8, 4) is 0 Å². The average molecular weight is 281 g/mol. The fourth-order valence-corrected chi connectivity index (χ4v) is 3.15. The largest absolute Gasteiger partial charge is 0.368 e. The molecule has 2 aliphatic rings. The smallest absolute Gasteiger partial charge is 0.234 e. The molecule has 3 amide bonds. The molecule has 1 aliphatic heterocycles. The van der Waals surface area contributed by atoms with E-state index in [4.69, 9.17) is 5.73 Å². The SMILES string of the molecule is CCCNC(CCN1C(=O)C2C(C1=O)C2(C)C)C(N)=O. The third-order valence-electron chi connectivity index (χ3n) is 4.52. The first-order valence-corrected chi connectivity index (χ1v) is 7.20. The first-order chi connectivity index (χ1) is 9.32. The number of primary amides is 1. The Hall–Kier alpha value is -1.43. The van der Waals surface area contributed by atoms with E-state index in [-0.39, 0.29) is 35.6 Å². The Kier molecular flexibility index (Phi) is 3.86. The molecule has 0 radical (unpaired) electrons. The van der Waals surface area contributed by atoms with Crippen LogP contribution in [0.5, 0.6) is 0 Å². The van der Waals surface area contributed by atoms with Crippen molar-refractivity contribution in [2.45, 2.75) is 39.7 Å². The number of amides is 3. The molecule has 3 atom stereocenters. The lowest BCUT2D eigenvalue weighted by molar-refractivity contribution is -0.143. The lowest BCUT2D eigenvalue weighted by Crippen LogP contribution is -2.45. The Morgan fingerprint density at radius 3 is 2.35 bits per heavy atom. The number of rotatable bonds is 7. The minimum absolute atomic E-state index is 0.0938. The van der Waals surface area contributed by atoms with Crippen LogP contribution < -0.4 is 11.1 Å². The Morgan fingerprint density at radius 2 is 1.90 bits per heavy atom. The number of piperidine rings is 1. The number of nitrogens with two attached hydrogens (primary N) is 1. The van der Waals surface area contributed by atoms with Crippen LogP contribution in [0, 0.1) is 17.3 Å². The maximum atomic E-state index is 12.1. The van der Waals surface area contributed by atoms with E-state index in [1.54, 1.807) is 0 Å². The summed E-state index contributed by atoms with van der Waals surface area (Å²) in [6.07, 6.45) is 1.27. The minimum Gasteiger partial charge on any atom is -0.368 e. The number of nitrogens with one attached hydrogen (secondary N) is 1. The van der Waals surface area contributed by atoms with Crippen LogP contribution in [0.25, 0.3) is 0 Å². The van der Waals surface area contributed by atoms with Gasteiger partial charge in [-0.05, 0) is 24.8 Å². The standard InChI is InChI=1S/C14H23N3O3/c1-4-6-16-8(11(15)18)5-7-17-12(19)9-10(13(17)20)14(9,2)3/h8-10,16H,4-7H2,1-3H3,(H2,15,18). The second kappa shape index (κ2) is 5.16. The van der Waals surface area contributed by atoms with Crippen molar-refractivity contribution in [3.05, 3.63) is 0 Å². The maximum absolute atomic E-state index is 12.1. The zero-order valence-corrected chi connectivity index (χ0v) is 12.3. The van der Waals surface area contributed by atoms with Crippen molar-refractivity contribution in [2.75, 3.05) is 13.1 Å². The molecule has 1 saturated heterocycles. The van der Waals surface area contributed by atoms with Gasteiger partial charge in [-0.25, -0.2) is 0 Å². The summed E-state index contributed by atoms with van der Waals surface area (Å²) < 4.78 is 0. The van der Waals surface area contributed by atoms with Crippen LogP contribution in [-0.2, 0) is 14.4 Å². The molecular formula is C14H23N3O3. The van der Waals surface area contributed by atoms with Gasteiger partial charge in [0.25, 0.3) is 0 Å². The fraction of sp³-hybridized carbons (Fsp3) is 0.786. The van der Waals surface area contributed by atoms with E-state index in [0.717, 1.165) is 6.42 Å². The summed E-state index contributed by atoms with van der Waals surface area (Å²) in [6, 6.07) is -0.486. The topological polar surface area (TPSA) is 92.5 Å². The van der Waals surface area contributed by atoms with Gasteiger partial charge in [0, 0.05) is 6.54 Å². The van der Waals surface area contributed by atoms with E-state index in [2.05, 4.69) is 5.32 Å². The van der Waals surface area contributed by atoms with Crippen LogP contribution in [0.1, 0.15) is 33.6 Å². The second-order valence-electron chi connectivity index (χ2n) is 6.30. The van der Waals surface area contributed by atoms with Crippen molar-refractivity contribution in [3.63, 3.8) is 0 Å². The summed E-state index contributed by atoms with van der Waals surface area (Å²) in [6.45, 7) is 6.85. The number of imide groups is 1. The molecule has 20 heavy (non-hydrogen) atoms.